The normalized spacial score (nSPS) is 18.1. The Morgan fingerprint density at radius 1 is 1.43 bits per heavy atom. The minimum atomic E-state index is -0.0928. The van der Waals surface area contributed by atoms with Crippen LogP contribution in [0.3, 0.4) is 0 Å². The predicted octanol–water partition coefficient (Wildman–Crippen LogP) is 0.312. The molecule has 2 heterocycles. The second-order valence-electron chi connectivity index (χ2n) is 5.30. The first-order valence-corrected chi connectivity index (χ1v) is 7.69. The Morgan fingerprint density at radius 3 is 2.95 bits per heavy atom. The number of hydrogen-bond acceptors (Lipinski definition) is 4. The molecule has 1 unspecified atom stereocenters. The minimum Gasteiger partial charge on any atom is -0.372 e. The van der Waals surface area contributed by atoms with Crippen LogP contribution < -0.4 is 11.0 Å². The molecule has 1 aliphatic heterocycles. The van der Waals surface area contributed by atoms with Gasteiger partial charge in [-0.1, -0.05) is 6.92 Å². The van der Waals surface area contributed by atoms with Crippen LogP contribution in [-0.4, -0.2) is 39.5 Å². The highest BCUT2D eigenvalue weighted by Crippen LogP contribution is 2.12. The standard InChI is InChI=1S/C14H24N4O3/c1-3-8-18-14(20)17-9-7-11(5-6-12(17)16-18)15-13(19)10-21-4-2/h11H,3-10H2,1-2H3,(H,15,19). The maximum atomic E-state index is 12.2. The molecule has 1 N–H and O–H groups in total. The van der Waals surface area contributed by atoms with Gasteiger partial charge in [-0.25, -0.2) is 9.48 Å². The molecule has 1 atom stereocenters. The summed E-state index contributed by atoms with van der Waals surface area (Å²) in [7, 11) is 0. The first kappa shape index (κ1) is 15.8. The summed E-state index contributed by atoms with van der Waals surface area (Å²) in [4.78, 5) is 23.9. The van der Waals surface area contributed by atoms with Gasteiger partial charge in [0.05, 0.1) is 0 Å². The number of aromatic nitrogens is 3. The number of nitrogens with zero attached hydrogens (tertiary/aromatic N) is 3. The molecule has 7 heteroatoms. The first-order chi connectivity index (χ1) is 10.2. The van der Waals surface area contributed by atoms with E-state index in [1.165, 1.54) is 0 Å². The first-order valence-electron chi connectivity index (χ1n) is 7.69. The molecule has 118 valence electrons. The molecule has 0 saturated heterocycles. The zero-order valence-corrected chi connectivity index (χ0v) is 12.8. The van der Waals surface area contributed by atoms with Crippen molar-refractivity contribution in [2.45, 2.75) is 58.7 Å². The summed E-state index contributed by atoms with van der Waals surface area (Å²) < 4.78 is 8.38. The molecule has 1 amide bonds. The van der Waals surface area contributed by atoms with Gasteiger partial charge in [-0.3, -0.25) is 9.36 Å². The molecule has 21 heavy (non-hydrogen) atoms. The number of carbonyl (C=O) groups excluding carboxylic acids is 1. The number of hydrogen-bond donors (Lipinski definition) is 1. The van der Waals surface area contributed by atoms with Crippen molar-refractivity contribution < 1.29 is 9.53 Å². The van der Waals surface area contributed by atoms with Crippen LogP contribution >= 0.6 is 0 Å². The summed E-state index contributed by atoms with van der Waals surface area (Å²) in [6, 6.07) is 0.0821. The summed E-state index contributed by atoms with van der Waals surface area (Å²) >= 11 is 0. The van der Waals surface area contributed by atoms with Crippen molar-refractivity contribution >= 4 is 5.91 Å². The van der Waals surface area contributed by atoms with Gasteiger partial charge in [-0.05, 0) is 26.2 Å². The lowest BCUT2D eigenvalue weighted by Crippen LogP contribution is -2.38. The third-order valence-electron chi connectivity index (χ3n) is 3.65. The maximum Gasteiger partial charge on any atom is 0.345 e. The van der Waals surface area contributed by atoms with E-state index in [-0.39, 0.29) is 24.2 Å². The molecule has 0 aromatic carbocycles. The van der Waals surface area contributed by atoms with E-state index in [0.29, 0.717) is 26.1 Å². The summed E-state index contributed by atoms with van der Waals surface area (Å²) in [6.07, 6.45) is 3.17. The molecule has 2 rings (SSSR count). The Balaban J connectivity index is 1.95. The van der Waals surface area contributed by atoms with E-state index in [4.69, 9.17) is 4.74 Å². The fourth-order valence-electron chi connectivity index (χ4n) is 2.59. The molecular formula is C14H24N4O3. The van der Waals surface area contributed by atoms with Crippen LogP contribution in [0, 0.1) is 0 Å². The van der Waals surface area contributed by atoms with Crippen molar-refractivity contribution in [2.24, 2.45) is 0 Å². The number of carbonyl (C=O) groups is 1. The molecule has 0 saturated carbocycles. The highest BCUT2D eigenvalue weighted by Gasteiger charge is 2.21. The molecule has 1 aliphatic rings. The van der Waals surface area contributed by atoms with Crippen LogP contribution in [0.2, 0.25) is 0 Å². The van der Waals surface area contributed by atoms with Crippen LogP contribution in [0.5, 0.6) is 0 Å². The van der Waals surface area contributed by atoms with E-state index in [2.05, 4.69) is 10.4 Å². The van der Waals surface area contributed by atoms with Crippen molar-refractivity contribution in [1.82, 2.24) is 19.7 Å². The smallest absolute Gasteiger partial charge is 0.345 e. The highest BCUT2D eigenvalue weighted by atomic mass is 16.5. The SMILES string of the molecule is CCCn1nc2n(c1=O)CCC(NC(=O)COCC)CC2. The molecule has 0 bridgehead atoms. The summed E-state index contributed by atoms with van der Waals surface area (Å²) in [6.45, 7) is 5.79. The molecule has 1 aromatic rings. The van der Waals surface area contributed by atoms with Crippen molar-refractivity contribution in [2.75, 3.05) is 13.2 Å². The summed E-state index contributed by atoms with van der Waals surface area (Å²) in [5.41, 5.74) is -0.0341. The summed E-state index contributed by atoms with van der Waals surface area (Å²) in [5, 5.41) is 7.36. The minimum absolute atomic E-state index is 0.0341. The molecular weight excluding hydrogens is 272 g/mol. The third-order valence-corrected chi connectivity index (χ3v) is 3.65. The number of amides is 1. The van der Waals surface area contributed by atoms with Crippen LogP contribution in [0.1, 0.15) is 38.9 Å². The van der Waals surface area contributed by atoms with E-state index in [1.807, 2.05) is 13.8 Å². The quantitative estimate of drug-likeness (QED) is 0.819. The van der Waals surface area contributed by atoms with Gasteiger partial charge in [-0.15, -0.1) is 0 Å². The average molecular weight is 296 g/mol. The van der Waals surface area contributed by atoms with Gasteiger partial charge >= 0.3 is 5.69 Å². The number of ether oxygens (including phenoxy) is 1. The lowest BCUT2D eigenvalue weighted by molar-refractivity contribution is -0.126. The lowest BCUT2D eigenvalue weighted by atomic mass is 10.1. The second-order valence-corrected chi connectivity index (χ2v) is 5.30. The Labute approximate surface area is 124 Å². The van der Waals surface area contributed by atoms with E-state index < -0.39 is 0 Å². The highest BCUT2D eigenvalue weighted by molar-refractivity contribution is 5.77. The zero-order valence-electron chi connectivity index (χ0n) is 12.8. The van der Waals surface area contributed by atoms with Gasteiger partial charge in [-0.2, -0.15) is 5.10 Å². The Kier molecular flexibility index (Phi) is 5.55. The molecule has 1 aromatic heterocycles. The van der Waals surface area contributed by atoms with E-state index >= 15 is 0 Å². The van der Waals surface area contributed by atoms with Crippen LogP contribution in [0.25, 0.3) is 0 Å². The fourth-order valence-corrected chi connectivity index (χ4v) is 2.59. The van der Waals surface area contributed by atoms with Gasteiger partial charge in [0.25, 0.3) is 0 Å². The van der Waals surface area contributed by atoms with Crippen molar-refractivity contribution in [3.63, 3.8) is 0 Å². The predicted molar refractivity (Wildman–Crippen MR) is 78.1 cm³/mol. The van der Waals surface area contributed by atoms with Crippen LogP contribution in [0.15, 0.2) is 4.79 Å². The average Bonchev–Trinajstić information content (AvgIpc) is 2.64. The fraction of sp³-hybridized carbons (Fsp3) is 0.786. The van der Waals surface area contributed by atoms with Gasteiger partial charge in [0.1, 0.15) is 12.4 Å². The topological polar surface area (TPSA) is 78.2 Å². The number of aryl methyl sites for hydroxylation is 2. The van der Waals surface area contributed by atoms with Gasteiger partial charge < -0.3 is 10.1 Å². The van der Waals surface area contributed by atoms with Gasteiger partial charge in [0.2, 0.25) is 5.91 Å². The number of rotatable bonds is 6. The van der Waals surface area contributed by atoms with E-state index in [0.717, 1.165) is 25.1 Å². The Hall–Kier alpha value is -1.63. The largest absolute Gasteiger partial charge is 0.372 e. The molecule has 0 aliphatic carbocycles. The zero-order chi connectivity index (χ0) is 15.2. The summed E-state index contributed by atoms with van der Waals surface area (Å²) in [5.74, 6) is 0.736. The third kappa shape index (κ3) is 3.93. The van der Waals surface area contributed by atoms with Crippen LogP contribution in [-0.2, 0) is 29.0 Å². The maximum absolute atomic E-state index is 12.2. The van der Waals surface area contributed by atoms with E-state index in [1.54, 1.807) is 9.25 Å². The van der Waals surface area contributed by atoms with Crippen molar-refractivity contribution in [1.29, 1.82) is 0 Å². The van der Waals surface area contributed by atoms with Gasteiger partial charge in [0.15, 0.2) is 0 Å². The monoisotopic (exact) mass is 296 g/mol. The van der Waals surface area contributed by atoms with E-state index in [9.17, 15) is 9.59 Å². The molecule has 7 nitrogen and oxygen atoms in total. The molecule has 0 fully saturated rings. The van der Waals surface area contributed by atoms with Crippen molar-refractivity contribution in [3.8, 4) is 0 Å². The van der Waals surface area contributed by atoms with Crippen LogP contribution in [0.4, 0.5) is 0 Å². The van der Waals surface area contributed by atoms with Gasteiger partial charge in [0, 0.05) is 32.2 Å². The molecule has 0 radical (unpaired) electrons. The molecule has 0 spiro atoms. The lowest BCUT2D eigenvalue weighted by Gasteiger charge is -2.15. The number of fused-ring (bicyclic) bond motifs is 1. The Bertz CT molecular complexity index is 535. The second kappa shape index (κ2) is 7.40. The van der Waals surface area contributed by atoms with Crippen molar-refractivity contribution in [3.05, 3.63) is 16.3 Å². The Morgan fingerprint density at radius 2 is 2.24 bits per heavy atom. The number of nitrogens with one attached hydrogen (secondary N) is 1.